The summed E-state index contributed by atoms with van der Waals surface area (Å²) in [7, 11) is 0. The lowest BCUT2D eigenvalue weighted by atomic mass is 9.99. The molecule has 0 spiro atoms. The smallest absolute Gasteiger partial charge is 0.348 e. The maximum Gasteiger partial charge on any atom is 0.348 e. The number of hydrogen-bond acceptors (Lipinski definition) is 5. The highest BCUT2D eigenvalue weighted by Gasteiger charge is 2.34. The molecule has 0 aliphatic carbocycles. The number of carbonyl (C=O) groups is 1. The van der Waals surface area contributed by atoms with Crippen LogP contribution in [0.1, 0.15) is 118 Å². The van der Waals surface area contributed by atoms with E-state index in [4.69, 9.17) is 9.47 Å². The monoisotopic (exact) mass is 654 g/mol. The van der Waals surface area contributed by atoms with Crippen molar-refractivity contribution in [2.24, 2.45) is 0 Å². The summed E-state index contributed by atoms with van der Waals surface area (Å²) in [5.74, 6) is 0.173. The fourth-order valence-corrected chi connectivity index (χ4v) is 5.51. The third-order valence-corrected chi connectivity index (χ3v) is 8.52. The molecule has 1 heterocycles. The number of alkyl halides is 3. The normalized spacial score (nSPS) is 14.6. The van der Waals surface area contributed by atoms with Gasteiger partial charge in [-0.3, -0.25) is 0 Å². The van der Waals surface area contributed by atoms with Crippen LogP contribution in [0.5, 0.6) is 11.5 Å². The minimum Gasteiger partial charge on any atom is -0.487 e. The van der Waals surface area contributed by atoms with Crippen LogP contribution in [0.15, 0.2) is 60.9 Å². The molecule has 1 aromatic heterocycles. The molecule has 0 bridgehead atoms. The summed E-state index contributed by atoms with van der Waals surface area (Å²) in [6, 6.07) is 13.9. The van der Waals surface area contributed by atoms with Crippen molar-refractivity contribution >= 4 is 5.97 Å². The number of benzene rings is 2. The van der Waals surface area contributed by atoms with Crippen LogP contribution < -0.4 is 9.47 Å². The number of aromatic nitrogens is 2. The number of unbranched alkanes of at least 4 members (excludes halogenated alkanes) is 10. The lowest BCUT2D eigenvalue weighted by Gasteiger charge is -2.24. The largest absolute Gasteiger partial charge is 0.487 e. The number of para-hydroxylation sites is 1. The lowest BCUT2D eigenvalue weighted by Crippen LogP contribution is -2.34. The third kappa shape index (κ3) is 12.6. The van der Waals surface area contributed by atoms with Gasteiger partial charge < -0.3 is 9.47 Å². The SMILES string of the molecule is CCCCCCCCCC(C)(F)C(=O)Oc1ccc(-c2cnc(-c3ccccc3OC(CCCCCCC)C(F)C(C)F)nc2)cc1. The average Bonchev–Trinajstić information content (AvgIpc) is 3.07. The van der Waals surface area contributed by atoms with E-state index in [0.29, 0.717) is 30.0 Å². The minimum absolute atomic E-state index is 0.137. The molecule has 4 atom stereocenters. The van der Waals surface area contributed by atoms with Crippen molar-refractivity contribution in [1.29, 1.82) is 0 Å². The van der Waals surface area contributed by atoms with Gasteiger partial charge in [0, 0.05) is 18.0 Å². The quantitative estimate of drug-likeness (QED) is 0.0613. The molecule has 8 heteroatoms. The highest BCUT2D eigenvalue weighted by Crippen LogP contribution is 2.32. The molecule has 3 aromatic rings. The maximum absolute atomic E-state index is 15.1. The van der Waals surface area contributed by atoms with Gasteiger partial charge in [0.2, 0.25) is 5.67 Å². The fourth-order valence-electron chi connectivity index (χ4n) is 5.51. The van der Waals surface area contributed by atoms with Gasteiger partial charge in [-0.15, -0.1) is 0 Å². The molecule has 5 nitrogen and oxygen atoms in total. The molecule has 0 fully saturated rings. The average molecular weight is 655 g/mol. The zero-order valence-electron chi connectivity index (χ0n) is 28.7. The molecule has 0 saturated carbocycles. The number of carbonyl (C=O) groups excluding carboxylic acids is 1. The van der Waals surface area contributed by atoms with Gasteiger partial charge in [-0.25, -0.2) is 27.9 Å². The topological polar surface area (TPSA) is 61.3 Å². The van der Waals surface area contributed by atoms with Gasteiger partial charge in [0.15, 0.2) is 12.0 Å². The second kappa shape index (κ2) is 20.1. The van der Waals surface area contributed by atoms with E-state index in [0.717, 1.165) is 62.5 Å². The highest BCUT2D eigenvalue weighted by molar-refractivity contribution is 5.81. The van der Waals surface area contributed by atoms with Gasteiger partial charge in [0.25, 0.3) is 0 Å². The molecular weight excluding hydrogens is 601 g/mol. The molecule has 0 N–H and O–H groups in total. The van der Waals surface area contributed by atoms with E-state index < -0.39 is 30.1 Å². The summed E-state index contributed by atoms with van der Waals surface area (Å²) < 4.78 is 55.5. The van der Waals surface area contributed by atoms with Gasteiger partial charge in [0.05, 0.1) is 5.56 Å². The van der Waals surface area contributed by atoms with E-state index in [1.165, 1.54) is 33.1 Å². The van der Waals surface area contributed by atoms with Crippen molar-refractivity contribution in [3.8, 4) is 34.0 Å². The predicted octanol–water partition coefficient (Wildman–Crippen LogP) is 11.4. The lowest BCUT2D eigenvalue weighted by molar-refractivity contribution is -0.147. The Morgan fingerprint density at radius 3 is 1.98 bits per heavy atom. The van der Waals surface area contributed by atoms with Crippen LogP contribution in [-0.4, -0.2) is 40.1 Å². The Morgan fingerprint density at radius 1 is 0.787 bits per heavy atom. The van der Waals surface area contributed by atoms with Crippen LogP contribution in [0.2, 0.25) is 0 Å². The highest BCUT2D eigenvalue weighted by atomic mass is 19.2. The molecule has 2 aromatic carbocycles. The zero-order valence-corrected chi connectivity index (χ0v) is 28.7. The van der Waals surface area contributed by atoms with Crippen molar-refractivity contribution in [2.75, 3.05) is 0 Å². The Hall–Kier alpha value is -3.42. The van der Waals surface area contributed by atoms with E-state index in [1.54, 1.807) is 54.9 Å². The van der Waals surface area contributed by atoms with Crippen LogP contribution in [0, 0.1) is 0 Å². The zero-order chi connectivity index (χ0) is 34.1. The Morgan fingerprint density at radius 2 is 1.36 bits per heavy atom. The summed E-state index contributed by atoms with van der Waals surface area (Å²) >= 11 is 0. The summed E-state index contributed by atoms with van der Waals surface area (Å²) in [4.78, 5) is 21.6. The third-order valence-electron chi connectivity index (χ3n) is 8.52. The first-order valence-electron chi connectivity index (χ1n) is 17.5. The molecule has 0 aliphatic rings. The Labute approximate surface area is 279 Å². The predicted molar refractivity (Wildman–Crippen MR) is 184 cm³/mol. The number of hydrogen-bond donors (Lipinski definition) is 0. The van der Waals surface area contributed by atoms with Crippen molar-refractivity contribution in [3.63, 3.8) is 0 Å². The number of esters is 1. The molecule has 258 valence electrons. The van der Waals surface area contributed by atoms with Gasteiger partial charge in [-0.1, -0.05) is 102 Å². The molecule has 0 saturated heterocycles. The van der Waals surface area contributed by atoms with Crippen molar-refractivity contribution in [2.45, 2.75) is 142 Å². The van der Waals surface area contributed by atoms with Crippen LogP contribution in [0.3, 0.4) is 0 Å². The summed E-state index contributed by atoms with van der Waals surface area (Å²) in [6.07, 6.45) is 11.9. The molecular formula is C39H53F3N2O3. The number of ether oxygens (including phenoxy) is 2. The second-order valence-electron chi connectivity index (χ2n) is 12.8. The number of nitrogens with zero attached hydrogens (tertiary/aromatic N) is 2. The number of halogens is 3. The second-order valence-corrected chi connectivity index (χ2v) is 12.8. The van der Waals surface area contributed by atoms with Crippen LogP contribution in [0.4, 0.5) is 13.2 Å². The van der Waals surface area contributed by atoms with Crippen molar-refractivity contribution in [1.82, 2.24) is 9.97 Å². The molecule has 47 heavy (non-hydrogen) atoms. The van der Waals surface area contributed by atoms with Gasteiger partial charge in [-0.2, -0.15) is 0 Å². The Kier molecular flexibility index (Phi) is 16.2. The standard InChI is InChI=1S/C39H53F3N2O3/c1-5-7-9-11-12-14-18-26-39(4,42)38(45)46-32-24-22-30(23-25-32)31-27-43-37(44-28-31)33-19-16-17-20-34(33)47-35(36(41)29(3)40)21-15-13-10-8-6-2/h16-17,19-20,22-25,27-29,35-36H,5-15,18,21,26H2,1-4H3. The van der Waals surface area contributed by atoms with E-state index in [9.17, 15) is 13.6 Å². The van der Waals surface area contributed by atoms with Crippen LogP contribution in [0.25, 0.3) is 22.5 Å². The summed E-state index contributed by atoms with van der Waals surface area (Å²) in [6.45, 7) is 6.82. The van der Waals surface area contributed by atoms with Crippen LogP contribution >= 0.6 is 0 Å². The first-order chi connectivity index (χ1) is 22.7. The Bertz CT molecular complexity index is 1320. The van der Waals surface area contributed by atoms with Gasteiger partial charge >= 0.3 is 5.97 Å². The first-order valence-corrected chi connectivity index (χ1v) is 17.5. The molecule has 4 unspecified atom stereocenters. The van der Waals surface area contributed by atoms with E-state index in [1.807, 2.05) is 6.07 Å². The van der Waals surface area contributed by atoms with E-state index in [-0.39, 0.29) is 12.2 Å². The fraction of sp³-hybridized carbons (Fsp3) is 0.564. The van der Waals surface area contributed by atoms with Gasteiger partial charge in [-0.05, 0) is 69.4 Å². The van der Waals surface area contributed by atoms with Crippen molar-refractivity contribution < 1.29 is 27.4 Å². The molecule has 0 amide bonds. The van der Waals surface area contributed by atoms with E-state index in [2.05, 4.69) is 23.8 Å². The summed E-state index contributed by atoms with van der Waals surface area (Å²) in [5.41, 5.74) is 0.0451. The van der Waals surface area contributed by atoms with Crippen molar-refractivity contribution in [3.05, 3.63) is 60.9 Å². The number of rotatable bonds is 22. The van der Waals surface area contributed by atoms with Gasteiger partial charge in [0.1, 0.15) is 23.8 Å². The molecule has 3 rings (SSSR count). The maximum atomic E-state index is 15.1. The minimum atomic E-state index is -2.05. The van der Waals surface area contributed by atoms with Crippen LogP contribution in [-0.2, 0) is 4.79 Å². The van der Waals surface area contributed by atoms with E-state index >= 15 is 4.39 Å². The first kappa shape index (κ1) is 38.0. The Balaban J connectivity index is 1.61. The molecule has 0 aliphatic heterocycles. The summed E-state index contributed by atoms with van der Waals surface area (Å²) in [5, 5.41) is 0. The molecule has 0 radical (unpaired) electrons.